The molecule has 0 heterocycles. The van der Waals surface area contributed by atoms with E-state index in [9.17, 15) is 18.0 Å². The van der Waals surface area contributed by atoms with E-state index in [2.05, 4.69) is 5.32 Å². The van der Waals surface area contributed by atoms with Crippen LogP contribution in [0.1, 0.15) is 62.8 Å². The molecule has 2 aromatic carbocycles. The molecule has 8 heteroatoms. The summed E-state index contributed by atoms with van der Waals surface area (Å²) in [7, 11) is -3.53. The van der Waals surface area contributed by atoms with Crippen LogP contribution in [0.3, 0.4) is 0 Å². The predicted octanol–water partition coefficient (Wildman–Crippen LogP) is 4.49. The lowest BCUT2D eigenvalue weighted by molar-refractivity contribution is -0.141. The van der Waals surface area contributed by atoms with Crippen LogP contribution in [0.25, 0.3) is 0 Å². The maximum Gasteiger partial charge on any atom is 0.242 e. The van der Waals surface area contributed by atoms with Gasteiger partial charge in [-0.2, -0.15) is 0 Å². The van der Waals surface area contributed by atoms with Gasteiger partial charge in [-0.1, -0.05) is 42.0 Å². The zero-order valence-corrected chi connectivity index (χ0v) is 23.7. The quantitative estimate of drug-likeness (QED) is 0.505. The second-order valence-corrected chi connectivity index (χ2v) is 12.5. The largest absolute Gasteiger partial charge is 0.350 e. The minimum Gasteiger partial charge on any atom is -0.350 e. The number of aryl methyl sites for hydroxylation is 2. The number of sulfonamides is 1. The van der Waals surface area contributed by atoms with E-state index in [1.807, 2.05) is 77.9 Å². The summed E-state index contributed by atoms with van der Waals surface area (Å²) in [6.45, 7) is 13.7. The number of carbonyl (C=O) groups excluding carboxylic acids is 2. The standard InChI is InChI=1S/C28H41N3O4S/c1-20-14-16-24(17-15-20)19-30(23(4)27(33)29-28(5,6)7)26(32)13-10-18-31(36(8,34)35)25-12-9-11-21(2)22(25)3/h9,11-12,14-17,23H,10,13,18-19H2,1-8H3,(H,29,33)/t23-/m0/s1. The summed E-state index contributed by atoms with van der Waals surface area (Å²) >= 11 is 0. The van der Waals surface area contributed by atoms with Crippen LogP contribution in [-0.2, 0) is 26.2 Å². The Hall–Kier alpha value is -2.87. The third kappa shape index (κ3) is 8.36. The van der Waals surface area contributed by atoms with E-state index in [0.717, 1.165) is 22.3 Å². The van der Waals surface area contributed by atoms with Crippen LogP contribution in [0.4, 0.5) is 5.69 Å². The number of benzene rings is 2. The first-order valence-corrected chi connectivity index (χ1v) is 14.2. The molecule has 0 bridgehead atoms. The Kier molecular flexibility index (Phi) is 9.71. The van der Waals surface area contributed by atoms with Crippen LogP contribution >= 0.6 is 0 Å². The molecule has 1 atom stereocenters. The van der Waals surface area contributed by atoms with Gasteiger partial charge in [0.25, 0.3) is 0 Å². The fourth-order valence-electron chi connectivity index (χ4n) is 3.94. The van der Waals surface area contributed by atoms with Crippen molar-refractivity contribution in [2.24, 2.45) is 0 Å². The van der Waals surface area contributed by atoms with E-state index in [4.69, 9.17) is 0 Å². The van der Waals surface area contributed by atoms with E-state index in [1.165, 1.54) is 10.6 Å². The molecule has 2 aromatic rings. The molecule has 0 saturated carbocycles. The van der Waals surface area contributed by atoms with Crippen LogP contribution < -0.4 is 9.62 Å². The first-order chi connectivity index (χ1) is 16.6. The Bertz CT molecular complexity index is 1170. The fraction of sp³-hybridized carbons (Fsp3) is 0.500. The number of amides is 2. The van der Waals surface area contributed by atoms with Crippen molar-refractivity contribution in [3.63, 3.8) is 0 Å². The molecule has 7 nitrogen and oxygen atoms in total. The molecule has 1 N–H and O–H groups in total. The van der Waals surface area contributed by atoms with Crippen LogP contribution in [0.5, 0.6) is 0 Å². The predicted molar refractivity (Wildman–Crippen MR) is 146 cm³/mol. The lowest BCUT2D eigenvalue weighted by atomic mass is 10.1. The number of hydrogen-bond donors (Lipinski definition) is 1. The van der Waals surface area contributed by atoms with Gasteiger partial charge in [-0.15, -0.1) is 0 Å². The molecule has 2 amide bonds. The molecule has 36 heavy (non-hydrogen) atoms. The van der Waals surface area contributed by atoms with Gasteiger partial charge in [0.05, 0.1) is 11.9 Å². The Morgan fingerprint density at radius 3 is 2.17 bits per heavy atom. The van der Waals surface area contributed by atoms with Crippen LogP contribution in [0.15, 0.2) is 42.5 Å². The highest BCUT2D eigenvalue weighted by Gasteiger charge is 2.28. The molecule has 0 unspecified atom stereocenters. The van der Waals surface area contributed by atoms with Gasteiger partial charge < -0.3 is 10.2 Å². The normalized spacial score (nSPS) is 12.7. The molecule has 0 aliphatic rings. The molecule has 0 saturated heterocycles. The molecule has 198 valence electrons. The summed E-state index contributed by atoms with van der Waals surface area (Å²) < 4.78 is 26.5. The SMILES string of the molecule is Cc1ccc(CN(C(=O)CCCN(c2cccc(C)c2C)S(C)(=O)=O)[C@@H](C)C(=O)NC(C)(C)C)cc1. The van der Waals surface area contributed by atoms with Crippen molar-refractivity contribution < 1.29 is 18.0 Å². The maximum absolute atomic E-state index is 13.4. The maximum atomic E-state index is 13.4. The van der Waals surface area contributed by atoms with E-state index in [1.54, 1.807) is 17.9 Å². The highest BCUT2D eigenvalue weighted by atomic mass is 32.2. The second-order valence-electron chi connectivity index (χ2n) is 10.6. The third-order valence-electron chi connectivity index (χ3n) is 6.14. The van der Waals surface area contributed by atoms with E-state index >= 15 is 0 Å². The number of nitrogens with zero attached hydrogens (tertiary/aromatic N) is 2. The van der Waals surface area contributed by atoms with Gasteiger partial charge in [0.2, 0.25) is 21.8 Å². The van der Waals surface area contributed by atoms with Gasteiger partial charge in [0, 0.05) is 25.0 Å². The van der Waals surface area contributed by atoms with Gasteiger partial charge in [0.1, 0.15) is 6.04 Å². The second kappa shape index (κ2) is 11.9. The van der Waals surface area contributed by atoms with Crippen LogP contribution in [0, 0.1) is 20.8 Å². The number of hydrogen-bond acceptors (Lipinski definition) is 4. The Morgan fingerprint density at radius 2 is 1.61 bits per heavy atom. The fourth-order valence-corrected chi connectivity index (χ4v) is 4.95. The van der Waals surface area contributed by atoms with Gasteiger partial charge >= 0.3 is 0 Å². The molecule has 0 aromatic heterocycles. The summed E-state index contributed by atoms with van der Waals surface area (Å²) in [6, 6.07) is 12.7. The first-order valence-electron chi connectivity index (χ1n) is 12.3. The molecule has 0 radical (unpaired) electrons. The molecule has 0 spiro atoms. The van der Waals surface area contributed by atoms with Crippen LogP contribution in [-0.4, -0.2) is 49.5 Å². The Balaban J connectivity index is 2.22. The van der Waals surface area contributed by atoms with Gasteiger partial charge in [-0.3, -0.25) is 13.9 Å². The van der Waals surface area contributed by atoms with Gasteiger partial charge in [-0.05, 0) is 77.6 Å². The lowest BCUT2D eigenvalue weighted by Crippen LogP contribution is -2.52. The van der Waals surface area contributed by atoms with E-state index < -0.39 is 21.6 Å². The molecule has 0 aliphatic heterocycles. The van der Waals surface area contributed by atoms with Crippen LogP contribution in [0.2, 0.25) is 0 Å². The summed E-state index contributed by atoms with van der Waals surface area (Å²) in [5.41, 5.74) is 4.13. The lowest BCUT2D eigenvalue weighted by Gasteiger charge is -2.32. The number of carbonyl (C=O) groups is 2. The van der Waals surface area contributed by atoms with Crippen molar-refractivity contribution in [2.75, 3.05) is 17.1 Å². The van der Waals surface area contributed by atoms with Crippen molar-refractivity contribution in [1.82, 2.24) is 10.2 Å². The first kappa shape index (κ1) is 29.4. The Morgan fingerprint density at radius 1 is 1.00 bits per heavy atom. The van der Waals surface area contributed by atoms with Crippen molar-refractivity contribution in [2.45, 2.75) is 79.4 Å². The van der Waals surface area contributed by atoms with Crippen molar-refractivity contribution in [3.05, 3.63) is 64.7 Å². The van der Waals surface area contributed by atoms with Gasteiger partial charge in [0.15, 0.2) is 0 Å². The molecule has 0 fully saturated rings. The number of anilines is 1. The van der Waals surface area contributed by atoms with Crippen molar-refractivity contribution >= 4 is 27.5 Å². The summed E-state index contributed by atoms with van der Waals surface area (Å²) in [4.78, 5) is 27.9. The zero-order valence-electron chi connectivity index (χ0n) is 22.9. The highest BCUT2D eigenvalue weighted by Crippen LogP contribution is 2.25. The molecule has 0 aliphatic carbocycles. The van der Waals surface area contributed by atoms with Gasteiger partial charge in [-0.25, -0.2) is 8.42 Å². The molecular weight excluding hydrogens is 474 g/mol. The summed E-state index contributed by atoms with van der Waals surface area (Å²) in [5, 5.41) is 2.96. The third-order valence-corrected chi connectivity index (χ3v) is 7.32. The van der Waals surface area contributed by atoms with Crippen molar-refractivity contribution in [3.8, 4) is 0 Å². The number of rotatable bonds is 10. The molecule has 2 rings (SSSR count). The van der Waals surface area contributed by atoms with E-state index in [-0.39, 0.29) is 24.8 Å². The Labute approximate surface area is 216 Å². The van der Waals surface area contributed by atoms with E-state index in [0.29, 0.717) is 18.7 Å². The smallest absolute Gasteiger partial charge is 0.242 e. The average molecular weight is 516 g/mol. The highest BCUT2D eigenvalue weighted by molar-refractivity contribution is 7.92. The minimum atomic E-state index is -3.53. The zero-order chi connectivity index (χ0) is 27.3. The number of nitrogens with one attached hydrogen (secondary N) is 1. The monoisotopic (exact) mass is 515 g/mol. The average Bonchev–Trinajstić information content (AvgIpc) is 2.76. The molecular formula is C28H41N3O4S. The topological polar surface area (TPSA) is 86.8 Å². The van der Waals surface area contributed by atoms with Crippen molar-refractivity contribution in [1.29, 1.82) is 0 Å². The minimum absolute atomic E-state index is 0.121. The summed E-state index contributed by atoms with van der Waals surface area (Å²) in [6.07, 6.45) is 1.63. The summed E-state index contributed by atoms with van der Waals surface area (Å²) in [5.74, 6) is -0.419.